The zero-order chi connectivity index (χ0) is 18.7. The Morgan fingerprint density at radius 3 is 2.58 bits per heavy atom. The van der Waals surface area contributed by atoms with Gasteiger partial charge in [-0.3, -0.25) is 9.59 Å². The molecule has 0 aromatic carbocycles. The first-order chi connectivity index (χ1) is 12.3. The lowest BCUT2D eigenvalue weighted by Crippen LogP contribution is -2.51. The van der Waals surface area contributed by atoms with Crippen LogP contribution in [0.5, 0.6) is 0 Å². The number of carboxylic acids is 1. The molecule has 144 valence electrons. The molecule has 7 atom stereocenters. The second-order valence-electron chi connectivity index (χ2n) is 9.75. The summed E-state index contributed by atoms with van der Waals surface area (Å²) in [5, 5.41) is 9.70. The number of carbonyl (C=O) groups is 2. The number of ether oxygens (including phenoxy) is 1. The summed E-state index contributed by atoms with van der Waals surface area (Å²) in [6.07, 6.45) is 10.6. The molecule has 3 saturated carbocycles. The van der Waals surface area contributed by atoms with Crippen LogP contribution < -0.4 is 0 Å². The Morgan fingerprint density at radius 2 is 1.88 bits per heavy atom. The minimum Gasteiger partial charge on any atom is -0.481 e. The Morgan fingerprint density at radius 1 is 1.12 bits per heavy atom. The Kier molecular flexibility index (Phi) is 4.24. The Labute approximate surface area is 156 Å². The lowest BCUT2D eigenvalue weighted by Gasteiger charge is -2.57. The number of rotatable bonds is 2. The van der Waals surface area contributed by atoms with Crippen molar-refractivity contribution >= 4 is 11.9 Å². The summed E-state index contributed by atoms with van der Waals surface area (Å²) in [6, 6.07) is 0. The van der Waals surface area contributed by atoms with E-state index < -0.39 is 5.97 Å². The molecule has 4 heteroatoms. The van der Waals surface area contributed by atoms with Crippen molar-refractivity contribution in [3.8, 4) is 0 Å². The molecule has 0 unspecified atom stereocenters. The molecule has 1 N–H and O–H groups in total. The van der Waals surface area contributed by atoms with Gasteiger partial charge >= 0.3 is 11.9 Å². The van der Waals surface area contributed by atoms with Gasteiger partial charge in [0.15, 0.2) is 0 Å². The van der Waals surface area contributed by atoms with E-state index in [2.05, 4.69) is 19.9 Å². The SMILES string of the molecule is CC(=O)O[C@H]1CC[C@]2(C)C(=CC[C@H]3[C@@H]4CC[C@@H](C(=O)O)[C@@]4(C)CC[C@@H]32)C1. The van der Waals surface area contributed by atoms with Gasteiger partial charge in [0.2, 0.25) is 0 Å². The van der Waals surface area contributed by atoms with Crippen molar-refractivity contribution in [2.45, 2.75) is 78.2 Å². The van der Waals surface area contributed by atoms with Gasteiger partial charge in [0.25, 0.3) is 0 Å². The monoisotopic (exact) mass is 360 g/mol. The molecule has 0 radical (unpaired) electrons. The number of hydrogen-bond donors (Lipinski definition) is 1. The molecule has 0 aliphatic heterocycles. The molecule has 4 aliphatic rings. The number of esters is 1. The van der Waals surface area contributed by atoms with Crippen LogP contribution in [0, 0.1) is 34.5 Å². The molecular weight excluding hydrogens is 328 g/mol. The molecule has 26 heavy (non-hydrogen) atoms. The lowest BCUT2D eigenvalue weighted by molar-refractivity contribution is -0.151. The number of aliphatic carboxylic acids is 1. The second kappa shape index (κ2) is 6.10. The Balaban J connectivity index is 1.59. The fraction of sp³-hybridized carbons (Fsp3) is 0.818. The lowest BCUT2D eigenvalue weighted by atomic mass is 9.47. The van der Waals surface area contributed by atoms with Crippen molar-refractivity contribution in [2.24, 2.45) is 34.5 Å². The van der Waals surface area contributed by atoms with Gasteiger partial charge in [0.1, 0.15) is 6.10 Å². The number of hydrogen-bond acceptors (Lipinski definition) is 3. The molecule has 0 aromatic rings. The smallest absolute Gasteiger partial charge is 0.307 e. The van der Waals surface area contributed by atoms with Crippen molar-refractivity contribution < 1.29 is 19.4 Å². The highest BCUT2D eigenvalue weighted by molar-refractivity contribution is 5.71. The third-order valence-corrected chi connectivity index (χ3v) is 8.69. The molecule has 4 rings (SSSR count). The summed E-state index contributed by atoms with van der Waals surface area (Å²) in [6.45, 7) is 6.17. The molecule has 0 spiro atoms. The van der Waals surface area contributed by atoms with E-state index >= 15 is 0 Å². The number of fused-ring (bicyclic) bond motifs is 5. The first-order valence-corrected chi connectivity index (χ1v) is 10.4. The van der Waals surface area contributed by atoms with Crippen LogP contribution in [0.1, 0.15) is 72.1 Å². The van der Waals surface area contributed by atoms with Gasteiger partial charge < -0.3 is 9.84 Å². The van der Waals surface area contributed by atoms with E-state index in [4.69, 9.17) is 4.74 Å². The molecule has 0 heterocycles. The van der Waals surface area contributed by atoms with E-state index in [1.165, 1.54) is 12.5 Å². The predicted molar refractivity (Wildman–Crippen MR) is 98.4 cm³/mol. The van der Waals surface area contributed by atoms with E-state index in [-0.39, 0.29) is 28.8 Å². The third-order valence-electron chi connectivity index (χ3n) is 8.69. The molecule has 4 aliphatic carbocycles. The van der Waals surface area contributed by atoms with Crippen LogP contribution in [0.3, 0.4) is 0 Å². The summed E-state index contributed by atoms with van der Waals surface area (Å²) in [4.78, 5) is 23.1. The standard InChI is InChI=1S/C22H32O4/c1-13(23)26-15-8-10-21(2)14(12-15)4-5-16-17-6-7-19(20(24)25)22(17,3)11-9-18(16)21/h4,15-19H,5-12H2,1-3H3,(H,24,25)/t15-,16-,17-,18-,19-,21+,22-/m0/s1. The van der Waals surface area contributed by atoms with Crippen LogP contribution in [-0.4, -0.2) is 23.1 Å². The van der Waals surface area contributed by atoms with Crippen molar-refractivity contribution in [3.05, 3.63) is 11.6 Å². The van der Waals surface area contributed by atoms with Gasteiger partial charge in [-0.1, -0.05) is 25.5 Å². The molecule has 0 saturated heterocycles. The molecule has 0 amide bonds. The maximum absolute atomic E-state index is 11.8. The van der Waals surface area contributed by atoms with Crippen LogP contribution in [0.25, 0.3) is 0 Å². The number of carboxylic acid groups (broad SMARTS) is 1. The van der Waals surface area contributed by atoms with E-state index in [9.17, 15) is 14.7 Å². The summed E-state index contributed by atoms with van der Waals surface area (Å²) in [7, 11) is 0. The van der Waals surface area contributed by atoms with E-state index in [1.807, 2.05) is 0 Å². The normalized spacial score (nSPS) is 47.2. The first-order valence-electron chi connectivity index (χ1n) is 10.4. The topological polar surface area (TPSA) is 63.6 Å². The van der Waals surface area contributed by atoms with Gasteiger partial charge in [0, 0.05) is 13.3 Å². The number of carbonyl (C=O) groups excluding carboxylic acids is 1. The fourth-order valence-corrected chi connectivity index (χ4v) is 7.37. The van der Waals surface area contributed by atoms with Gasteiger partial charge in [0.05, 0.1) is 5.92 Å². The average Bonchev–Trinajstić information content (AvgIpc) is 2.92. The number of allylic oxidation sites excluding steroid dienone is 1. The second-order valence-corrected chi connectivity index (χ2v) is 9.75. The predicted octanol–water partition coefficient (Wildman–Crippen LogP) is 4.58. The van der Waals surface area contributed by atoms with Gasteiger partial charge in [-0.05, 0) is 73.5 Å². The molecule has 4 nitrogen and oxygen atoms in total. The quantitative estimate of drug-likeness (QED) is 0.578. The maximum atomic E-state index is 11.8. The molecule has 0 aromatic heterocycles. The van der Waals surface area contributed by atoms with Crippen LogP contribution in [-0.2, 0) is 14.3 Å². The maximum Gasteiger partial charge on any atom is 0.307 e. The summed E-state index contributed by atoms with van der Waals surface area (Å²) >= 11 is 0. The highest BCUT2D eigenvalue weighted by atomic mass is 16.5. The van der Waals surface area contributed by atoms with Gasteiger partial charge in [-0.25, -0.2) is 0 Å². The zero-order valence-electron chi connectivity index (χ0n) is 16.3. The Bertz CT molecular complexity index is 653. The largest absolute Gasteiger partial charge is 0.481 e. The highest BCUT2D eigenvalue weighted by Crippen LogP contribution is 2.66. The van der Waals surface area contributed by atoms with Crippen molar-refractivity contribution in [3.63, 3.8) is 0 Å². The Hall–Kier alpha value is -1.32. The fourth-order valence-electron chi connectivity index (χ4n) is 7.37. The molecular formula is C22H32O4. The van der Waals surface area contributed by atoms with Crippen molar-refractivity contribution in [1.29, 1.82) is 0 Å². The van der Waals surface area contributed by atoms with E-state index in [1.54, 1.807) is 0 Å². The summed E-state index contributed by atoms with van der Waals surface area (Å²) in [5.74, 6) is 0.901. The van der Waals surface area contributed by atoms with Crippen LogP contribution in [0.15, 0.2) is 11.6 Å². The minimum absolute atomic E-state index is 0.0242. The molecule has 0 bridgehead atoms. The van der Waals surface area contributed by atoms with Crippen LogP contribution in [0.4, 0.5) is 0 Å². The van der Waals surface area contributed by atoms with E-state index in [0.29, 0.717) is 17.8 Å². The summed E-state index contributed by atoms with van der Waals surface area (Å²) < 4.78 is 5.50. The van der Waals surface area contributed by atoms with Crippen LogP contribution in [0.2, 0.25) is 0 Å². The highest BCUT2D eigenvalue weighted by Gasteiger charge is 2.60. The van der Waals surface area contributed by atoms with Crippen molar-refractivity contribution in [1.82, 2.24) is 0 Å². The van der Waals surface area contributed by atoms with Gasteiger partial charge in [-0.15, -0.1) is 0 Å². The molecule has 3 fully saturated rings. The van der Waals surface area contributed by atoms with Gasteiger partial charge in [-0.2, -0.15) is 0 Å². The third kappa shape index (κ3) is 2.55. The summed E-state index contributed by atoms with van der Waals surface area (Å²) in [5.41, 5.74) is 1.68. The zero-order valence-corrected chi connectivity index (χ0v) is 16.3. The first kappa shape index (κ1) is 18.1. The van der Waals surface area contributed by atoms with Crippen LogP contribution >= 0.6 is 0 Å². The van der Waals surface area contributed by atoms with E-state index in [0.717, 1.165) is 51.4 Å². The average molecular weight is 360 g/mol. The van der Waals surface area contributed by atoms with Crippen molar-refractivity contribution in [2.75, 3.05) is 0 Å². The minimum atomic E-state index is -0.589.